The van der Waals surface area contributed by atoms with Gasteiger partial charge in [-0.25, -0.2) is 4.57 Å². The van der Waals surface area contributed by atoms with E-state index in [-0.39, 0.29) is 19.1 Å². The highest BCUT2D eigenvalue weighted by atomic mass is 31.2. The Hall–Kier alpha value is -0.500. The second kappa shape index (κ2) is 43.7. The van der Waals surface area contributed by atoms with Crippen LogP contribution in [0.4, 0.5) is 0 Å². The number of likely N-dealkylation sites (N-methyl/N-ethyl adjacent to an activating group) is 1. The van der Waals surface area contributed by atoms with Crippen molar-refractivity contribution in [2.45, 2.75) is 283 Å². The van der Waals surface area contributed by atoms with E-state index in [1.54, 1.807) is 0 Å². The van der Waals surface area contributed by atoms with E-state index < -0.39 is 20.0 Å². The third-order valence-corrected chi connectivity index (χ3v) is 13.3. The number of amides is 1. The van der Waals surface area contributed by atoms with Gasteiger partial charge in [0.2, 0.25) is 5.91 Å². The Kier molecular flexibility index (Phi) is 43.4. The molecule has 0 aromatic rings. The molecule has 3 unspecified atom stereocenters. The number of hydrogen-bond donors (Lipinski definition) is 3. The second-order valence-electron chi connectivity index (χ2n) is 19.6. The molecule has 0 bridgehead atoms. The molecule has 60 heavy (non-hydrogen) atoms. The maximum atomic E-state index is 12.9. The Morgan fingerprint density at radius 3 is 1.12 bits per heavy atom. The Bertz CT molecular complexity index is 947. The fourth-order valence-electron chi connectivity index (χ4n) is 8.17. The standard InChI is InChI=1S/C51H105N2O6P/c1-6-8-10-12-14-16-18-20-22-24-25-26-27-28-29-30-32-34-36-38-40-42-44-50(54)49(48-59-60(56,57)58-47-46-53(3,4)5)52-51(55)45-43-41-39-37-35-33-31-23-21-19-17-15-13-11-9-7-2/h49-50,54H,6-48H2,1-5H3,(H-,52,55,56,57)/p+1. The number of unbranched alkanes of at least 4 members (excludes halogenated alkanes) is 36. The summed E-state index contributed by atoms with van der Waals surface area (Å²) in [4.78, 5) is 23.2. The number of nitrogens with zero attached hydrogens (tertiary/aromatic N) is 1. The van der Waals surface area contributed by atoms with E-state index in [1.165, 1.54) is 205 Å². The van der Waals surface area contributed by atoms with E-state index in [1.807, 2.05) is 21.1 Å². The van der Waals surface area contributed by atoms with E-state index in [0.29, 0.717) is 23.9 Å². The highest BCUT2D eigenvalue weighted by Crippen LogP contribution is 2.43. The van der Waals surface area contributed by atoms with Crippen LogP contribution in [0, 0.1) is 0 Å². The number of phosphoric ester groups is 1. The van der Waals surface area contributed by atoms with Crippen LogP contribution in [0.3, 0.4) is 0 Å². The number of nitrogens with one attached hydrogen (secondary N) is 1. The van der Waals surface area contributed by atoms with Crippen LogP contribution in [0.1, 0.15) is 271 Å². The van der Waals surface area contributed by atoms with Crippen molar-refractivity contribution in [3.8, 4) is 0 Å². The van der Waals surface area contributed by atoms with Gasteiger partial charge in [-0.3, -0.25) is 13.8 Å². The highest BCUT2D eigenvalue weighted by molar-refractivity contribution is 7.47. The fourth-order valence-corrected chi connectivity index (χ4v) is 8.90. The van der Waals surface area contributed by atoms with Crippen molar-refractivity contribution in [2.75, 3.05) is 40.9 Å². The third-order valence-electron chi connectivity index (χ3n) is 12.4. The number of carbonyl (C=O) groups excluding carboxylic acids is 1. The van der Waals surface area contributed by atoms with Gasteiger partial charge in [0.1, 0.15) is 13.2 Å². The molecule has 0 aromatic carbocycles. The predicted molar refractivity (Wildman–Crippen MR) is 259 cm³/mol. The highest BCUT2D eigenvalue weighted by Gasteiger charge is 2.28. The van der Waals surface area contributed by atoms with Crippen LogP contribution >= 0.6 is 7.82 Å². The van der Waals surface area contributed by atoms with Crippen LogP contribution in [-0.4, -0.2) is 73.4 Å². The summed E-state index contributed by atoms with van der Waals surface area (Å²) in [5.74, 6) is -0.138. The van der Waals surface area contributed by atoms with E-state index in [4.69, 9.17) is 9.05 Å². The maximum absolute atomic E-state index is 12.9. The Labute approximate surface area is 374 Å². The summed E-state index contributed by atoms with van der Waals surface area (Å²) < 4.78 is 23.7. The van der Waals surface area contributed by atoms with E-state index in [2.05, 4.69) is 19.2 Å². The number of aliphatic hydroxyl groups excluding tert-OH is 1. The first kappa shape index (κ1) is 59.5. The minimum atomic E-state index is -4.31. The molecule has 0 rings (SSSR count). The van der Waals surface area contributed by atoms with Crippen LogP contribution in [0.15, 0.2) is 0 Å². The van der Waals surface area contributed by atoms with Gasteiger partial charge in [0.05, 0.1) is 39.9 Å². The Morgan fingerprint density at radius 1 is 0.500 bits per heavy atom. The molecule has 8 nitrogen and oxygen atoms in total. The van der Waals surface area contributed by atoms with Gasteiger partial charge < -0.3 is 19.8 Å². The number of quaternary nitrogens is 1. The van der Waals surface area contributed by atoms with Gasteiger partial charge in [-0.1, -0.05) is 251 Å². The summed E-state index contributed by atoms with van der Waals surface area (Å²) >= 11 is 0. The van der Waals surface area contributed by atoms with Crippen molar-refractivity contribution >= 4 is 13.7 Å². The van der Waals surface area contributed by atoms with Crippen molar-refractivity contribution in [3.05, 3.63) is 0 Å². The van der Waals surface area contributed by atoms with Gasteiger partial charge in [0, 0.05) is 6.42 Å². The van der Waals surface area contributed by atoms with E-state index in [0.717, 1.165) is 38.5 Å². The lowest BCUT2D eigenvalue weighted by Crippen LogP contribution is -2.46. The molecule has 360 valence electrons. The molecule has 3 N–H and O–H groups in total. The molecule has 9 heteroatoms. The average Bonchev–Trinajstić information content (AvgIpc) is 3.20. The molecule has 0 spiro atoms. The minimum absolute atomic E-state index is 0.0790. The first-order valence-electron chi connectivity index (χ1n) is 26.4. The monoisotopic (exact) mass is 874 g/mol. The lowest BCUT2D eigenvalue weighted by molar-refractivity contribution is -0.870. The lowest BCUT2D eigenvalue weighted by atomic mass is 10.0. The molecule has 0 aliphatic carbocycles. The number of aliphatic hydroxyl groups is 1. The summed E-state index contributed by atoms with van der Waals surface area (Å²) in [5.41, 5.74) is 0. The van der Waals surface area contributed by atoms with Crippen molar-refractivity contribution in [2.24, 2.45) is 0 Å². The molecule has 0 saturated carbocycles. The summed E-state index contributed by atoms with van der Waals surface area (Å²) in [6.45, 7) is 4.93. The molecule has 0 radical (unpaired) electrons. The molecule has 0 aliphatic heterocycles. The van der Waals surface area contributed by atoms with Crippen LogP contribution in [0.5, 0.6) is 0 Å². The number of carbonyl (C=O) groups is 1. The van der Waals surface area contributed by atoms with Crippen LogP contribution in [0.2, 0.25) is 0 Å². The molecule has 0 aromatic heterocycles. The average molecular weight is 874 g/mol. The summed E-state index contributed by atoms with van der Waals surface area (Å²) in [7, 11) is 1.63. The third kappa shape index (κ3) is 45.5. The Morgan fingerprint density at radius 2 is 0.800 bits per heavy atom. The summed E-state index contributed by atoms with van der Waals surface area (Å²) in [5, 5.41) is 14.0. The molecule has 3 atom stereocenters. The lowest BCUT2D eigenvalue weighted by Gasteiger charge is -2.26. The van der Waals surface area contributed by atoms with Gasteiger partial charge in [0.15, 0.2) is 0 Å². The van der Waals surface area contributed by atoms with Crippen LogP contribution < -0.4 is 5.32 Å². The van der Waals surface area contributed by atoms with Crippen molar-refractivity contribution in [1.29, 1.82) is 0 Å². The number of hydrogen-bond acceptors (Lipinski definition) is 5. The molecule has 0 fully saturated rings. The van der Waals surface area contributed by atoms with E-state index in [9.17, 15) is 19.4 Å². The molecule has 1 amide bonds. The van der Waals surface area contributed by atoms with Crippen molar-refractivity contribution in [1.82, 2.24) is 5.32 Å². The molecular formula is C51H106N2O6P+. The summed E-state index contributed by atoms with van der Waals surface area (Å²) in [6.07, 6.45) is 49.9. The molecule has 0 aliphatic rings. The van der Waals surface area contributed by atoms with Crippen molar-refractivity contribution < 1.29 is 32.9 Å². The fraction of sp³-hybridized carbons (Fsp3) is 0.980. The molecular weight excluding hydrogens is 768 g/mol. The zero-order valence-corrected chi connectivity index (χ0v) is 41.9. The number of rotatable bonds is 49. The first-order valence-corrected chi connectivity index (χ1v) is 27.9. The second-order valence-corrected chi connectivity index (χ2v) is 21.1. The maximum Gasteiger partial charge on any atom is 0.472 e. The van der Waals surface area contributed by atoms with Gasteiger partial charge in [-0.15, -0.1) is 0 Å². The largest absolute Gasteiger partial charge is 0.472 e. The zero-order valence-electron chi connectivity index (χ0n) is 41.0. The van der Waals surface area contributed by atoms with Gasteiger partial charge >= 0.3 is 7.82 Å². The van der Waals surface area contributed by atoms with Gasteiger partial charge in [-0.2, -0.15) is 0 Å². The van der Waals surface area contributed by atoms with Crippen LogP contribution in [-0.2, 0) is 18.4 Å². The molecule has 0 heterocycles. The smallest absolute Gasteiger partial charge is 0.391 e. The topological polar surface area (TPSA) is 105 Å². The predicted octanol–water partition coefficient (Wildman–Crippen LogP) is 15.3. The first-order chi connectivity index (χ1) is 29.0. The van der Waals surface area contributed by atoms with E-state index >= 15 is 0 Å². The quantitative estimate of drug-likeness (QED) is 0.0319. The van der Waals surface area contributed by atoms with Crippen LogP contribution in [0.25, 0.3) is 0 Å². The van der Waals surface area contributed by atoms with Crippen molar-refractivity contribution in [3.63, 3.8) is 0 Å². The molecule has 0 saturated heterocycles. The van der Waals surface area contributed by atoms with Gasteiger partial charge in [-0.05, 0) is 12.8 Å². The zero-order chi connectivity index (χ0) is 44.3. The normalized spacial score (nSPS) is 14.1. The number of phosphoric acid groups is 1. The van der Waals surface area contributed by atoms with Gasteiger partial charge in [0.25, 0.3) is 0 Å². The summed E-state index contributed by atoms with van der Waals surface area (Å²) in [6, 6.07) is -0.754. The SMILES string of the molecule is CCCCCCCCCCCCCCCCCCCCCCCCC(O)C(COP(=O)(O)OCC[N+](C)(C)C)NC(=O)CCCCCCCCCCCCCCCCCC. The minimum Gasteiger partial charge on any atom is -0.391 e. The Balaban J connectivity index is 4.19.